The van der Waals surface area contributed by atoms with E-state index in [1.165, 1.54) is 5.56 Å². The van der Waals surface area contributed by atoms with Gasteiger partial charge < -0.3 is 15.1 Å². The predicted octanol–water partition coefficient (Wildman–Crippen LogP) is 5.53. The van der Waals surface area contributed by atoms with E-state index in [9.17, 15) is 9.59 Å². The Labute approximate surface area is 182 Å². The largest absolute Gasteiger partial charge is 0.373 e. The van der Waals surface area contributed by atoms with Gasteiger partial charge in [0.25, 0.3) is 0 Å². The first kappa shape index (κ1) is 25.2. The number of hydrogen-bond acceptors (Lipinski definition) is 3. The first-order valence-electron chi connectivity index (χ1n) is 10.8. The molecule has 0 aromatic heterocycles. The molecule has 1 atom stereocenters. The molecule has 1 aliphatic rings. The fourth-order valence-corrected chi connectivity index (χ4v) is 3.61. The van der Waals surface area contributed by atoms with Crippen molar-refractivity contribution >= 4 is 29.4 Å². The van der Waals surface area contributed by atoms with Gasteiger partial charge in [-0.15, -0.1) is 0 Å². The van der Waals surface area contributed by atoms with Crippen molar-refractivity contribution < 1.29 is 9.59 Å². The maximum absolute atomic E-state index is 11.7. The van der Waals surface area contributed by atoms with E-state index < -0.39 is 0 Å². The second-order valence-electron chi connectivity index (χ2n) is 7.47. The van der Waals surface area contributed by atoms with Gasteiger partial charge in [-0.3, -0.25) is 9.59 Å². The summed E-state index contributed by atoms with van der Waals surface area (Å²) in [5, 5.41) is 2.71. The van der Waals surface area contributed by atoms with Crippen LogP contribution < -0.4 is 15.1 Å². The van der Waals surface area contributed by atoms with Gasteiger partial charge in [0.1, 0.15) is 0 Å². The molecule has 1 N–H and O–H groups in total. The zero-order valence-electron chi connectivity index (χ0n) is 19.5. The van der Waals surface area contributed by atoms with E-state index in [4.69, 9.17) is 0 Å². The lowest BCUT2D eigenvalue weighted by molar-refractivity contribution is -0.119. The summed E-state index contributed by atoms with van der Waals surface area (Å²) in [5.41, 5.74) is 4.16. The van der Waals surface area contributed by atoms with Crippen LogP contribution in [-0.2, 0) is 9.59 Å². The van der Waals surface area contributed by atoms with E-state index in [2.05, 4.69) is 31.0 Å². The van der Waals surface area contributed by atoms with Crippen LogP contribution in [0.25, 0.3) is 0 Å². The third kappa shape index (κ3) is 6.34. The van der Waals surface area contributed by atoms with Crippen LogP contribution in [-0.4, -0.2) is 33.0 Å². The minimum Gasteiger partial charge on any atom is -0.373 e. The summed E-state index contributed by atoms with van der Waals surface area (Å²) in [7, 11) is 3.88. The summed E-state index contributed by atoms with van der Waals surface area (Å²) in [6.07, 6.45) is 1.60. The number of carbonyl (C=O) groups excluding carboxylic acids is 2. The van der Waals surface area contributed by atoms with Gasteiger partial charge >= 0.3 is 0 Å². The van der Waals surface area contributed by atoms with Gasteiger partial charge in [-0.25, -0.2) is 0 Å². The molecule has 0 spiro atoms. The maximum atomic E-state index is 11.7. The molecule has 0 saturated carbocycles. The third-order valence-corrected chi connectivity index (χ3v) is 4.88. The van der Waals surface area contributed by atoms with Gasteiger partial charge in [0.05, 0.1) is 17.3 Å². The van der Waals surface area contributed by atoms with Crippen LogP contribution >= 0.6 is 0 Å². The molecule has 164 valence electrons. The van der Waals surface area contributed by atoms with Gasteiger partial charge in [-0.05, 0) is 36.1 Å². The molecule has 5 heteroatoms. The fraction of sp³-hybridized carbons (Fsp3) is 0.440. The van der Waals surface area contributed by atoms with Crippen molar-refractivity contribution in [3.63, 3.8) is 0 Å². The highest BCUT2D eigenvalue weighted by Gasteiger charge is 2.32. The molecular formula is C25H37N3O2. The van der Waals surface area contributed by atoms with Crippen LogP contribution in [0.2, 0.25) is 0 Å². The normalized spacial score (nSPS) is 14.2. The smallest absolute Gasteiger partial charge is 0.234 e. The fourth-order valence-electron chi connectivity index (χ4n) is 3.61. The number of amides is 2. The Morgan fingerprint density at radius 2 is 1.70 bits per heavy atom. The van der Waals surface area contributed by atoms with Crippen molar-refractivity contribution in [3.8, 4) is 0 Å². The van der Waals surface area contributed by atoms with Crippen LogP contribution in [0.15, 0.2) is 48.5 Å². The Morgan fingerprint density at radius 1 is 1.10 bits per heavy atom. The van der Waals surface area contributed by atoms with E-state index >= 15 is 0 Å². The summed E-state index contributed by atoms with van der Waals surface area (Å²) in [6, 6.07) is 15.8. The predicted molar refractivity (Wildman–Crippen MR) is 128 cm³/mol. The maximum Gasteiger partial charge on any atom is 0.234 e. The SMILES string of the molecule is CC.CC(C)CN(C)c1ccccc1NC=O.CCC1C(=O)N(C)c2ccccc21. The van der Waals surface area contributed by atoms with Crippen LogP contribution in [0.4, 0.5) is 17.1 Å². The molecule has 2 amide bonds. The Morgan fingerprint density at radius 3 is 2.30 bits per heavy atom. The number of fused-ring (bicyclic) bond motifs is 1. The van der Waals surface area contributed by atoms with Crippen LogP contribution in [0.3, 0.4) is 0 Å². The van der Waals surface area contributed by atoms with Crippen molar-refractivity contribution in [2.24, 2.45) is 5.92 Å². The Balaban J connectivity index is 0.000000279. The topological polar surface area (TPSA) is 52.7 Å². The van der Waals surface area contributed by atoms with Gasteiger partial charge in [0.2, 0.25) is 12.3 Å². The number of nitrogens with one attached hydrogen (secondary N) is 1. The highest BCUT2D eigenvalue weighted by atomic mass is 16.2. The molecule has 30 heavy (non-hydrogen) atoms. The molecule has 5 nitrogen and oxygen atoms in total. The molecule has 3 rings (SSSR count). The first-order chi connectivity index (χ1) is 14.4. The Hall–Kier alpha value is -2.82. The minimum absolute atomic E-state index is 0.0844. The van der Waals surface area contributed by atoms with Crippen LogP contribution in [0.1, 0.15) is 52.5 Å². The van der Waals surface area contributed by atoms with Crippen molar-refractivity contribution in [1.29, 1.82) is 0 Å². The number of hydrogen-bond donors (Lipinski definition) is 1. The number of nitrogens with zero attached hydrogens (tertiary/aromatic N) is 2. The van der Waals surface area contributed by atoms with E-state index in [-0.39, 0.29) is 11.8 Å². The van der Waals surface area contributed by atoms with E-state index in [1.807, 2.05) is 76.5 Å². The molecule has 0 radical (unpaired) electrons. The van der Waals surface area contributed by atoms with Crippen LogP contribution in [0.5, 0.6) is 0 Å². The molecule has 1 aliphatic heterocycles. The zero-order valence-corrected chi connectivity index (χ0v) is 19.5. The monoisotopic (exact) mass is 411 g/mol. The number of anilines is 3. The van der Waals surface area contributed by atoms with E-state index in [0.717, 1.165) is 30.0 Å². The lowest BCUT2D eigenvalue weighted by Crippen LogP contribution is -2.23. The number of rotatable bonds is 6. The van der Waals surface area contributed by atoms with Crippen molar-refractivity contribution in [2.75, 3.05) is 35.8 Å². The molecular weight excluding hydrogens is 374 g/mol. The second-order valence-corrected chi connectivity index (χ2v) is 7.47. The number of benzene rings is 2. The van der Waals surface area contributed by atoms with Crippen LogP contribution in [0, 0.1) is 5.92 Å². The molecule has 2 aromatic rings. The minimum atomic E-state index is 0.0844. The molecule has 1 unspecified atom stereocenters. The summed E-state index contributed by atoms with van der Waals surface area (Å²) < 4.78 is 0. The zero-order chi connectivity index (χ0) is 22.7. The molecule has 0 fully saturated rings. The van der Waals surface area contributed by atoms with E-state index in [0.29, 0.717) is 12.3 Å². The first-order valence-corrected chi connectivity index (χ1v) is 10.8. The van der Waals surface area contributed by atoms with Gasteiger partial charge in [-0.2, -0.15) is 0 Å². The van der Waals surface area contributed by atoms with Gasteiger partial charge in [0.15, 0.2) is 0 Å². The summed E-state index contributed by atoms with van der Waals surface area (Å²) in [4.78, 5) is 26.1. The Bertz CT molecular complexity index is 804. The molecule has 0 aliphatic carbocycles. The van der Waals surface area contributed by atoms with Crippen molar-refractivity contribution in [3.05, 3.63) is 54.1 Å². The standard InChI is InChI=1S/C12H18N2O.C11H13NO.C2H6/c1-10(2)8-14(3)12-7-5-4-6-11(12)13-9-15;1-3-8-9-6-4-5-7-10(9)12(2)11(8)13;1-2/h4-7,9-10H,8H2,1-3H3,(H,13,15);4-8H,3H2,1-2H3;1-2H3. The van der Waals surface area contributed by atoms with Gasteiger partial charge in [-0.1, -0.05) is 65.0 Å². The van der Waals surface area contributed by atoms with Crippen molar-refractivity contribution in [1.82, 2.24) is 0 Å². The quantitative estimate of drug-likeness (QED) is 0.636. The Kier molecular flexibility index (Phi) is 10.7. The molecule has 0 bridgehead atoms. The third-order valence-electron chi connectivity index (χ3n) is 4.88. The number of carbonyl (C=O) groups is 2. The highest BCUT2D eigenvalue weighted by molar-refractivity contribution is 6.04. The molecule has 0 saturated heterocycles. The summed E-state index contributed by atoms with van der Waals surface area (Å²) in [5.74, 6) is 0.907. The highest BCUT2D eigenvalue weighted by Crippen LogP contribution is 2.37. The van der Waals surface area contributed by atoms with E-state index in [1.54, 1.807) is 4.90 Å². The summed E-state index contributed by atoms with van der Waals surface area (Å²) in [6.45, 7) is 11.4. The van der Waals surface area contributed by atoms with Crippen molar-refractivity contribution in [2.45, 2.75) is 47.0 Å². The average molecular weight is 412 g/mol. The number of para-hydroxylation sites is 3. The summed E-state index contributed by atoms with van der Waals surface area (Å²) >= 11 is 0. The number of likely N-dealkylation sites (N-methyl/N-ethyl adjacent to an activating group) is 1. The van der Waals surface area contributed by atoms with Gasteiger partial charge in [0, 0.05) is 26.3 Å². The lowest BCUT2D eigenvalue weighted by Gasteiger charge is -2.23. The molecule has 2 aromatic carbocycles. The second kappa shape index (κ2) is 12.7. The lowest BCUT2D eigenvalue weighted by atomic mass is 9.98. The molecule has 1 heterocycles. The average Bonchev–Trinajstić information content (AvgIpc) is 3.00.